The lowest BCUT2D eigenvalue weighted by molar-refractivity contribution is 0.187. The molecule has 0 aliphatic rings. The van der Waals surface area contributed by atoms with Crippen LogP contribution in [0.3, 0.4) is 0 Å². The number of anilines is 1. The molecule has 0 aliphatic carbocycles. The molecule has 0 aliphatic heterocycles. The summed E-state index contributed by atoms with van der Waals surface area (Å²) in [5.41, 5.74) is 7.17. The van der Waals surface area contributed by atoms with Gasteiger partial charge in [0.2, 0.25) is 0 Å². The maximum Gasteiger partial charge on any atom is 0.124 e. The van der Waals surface area contributed by atoms with Gasteiger partial charge in [-0.05, 0) is 25.5 Å². The van der Waals surface area contributed by atoms with Gasteiger partial charge in [-0.3, -0.25) is 5.41 Å². The quantitative estimate of drug-likeness (QED) is 0.516. The van der Waals surface area contributed by atoms with E-state index < -0.39 is 0 Å². The molecule has 1 aromatic carbocycles. The van der Waals surface area contributed by atoms with Gasteiger partial charge in [0, 0.05) is 24.8 Å². The van der Waals surface area contributed by atoms with Crippen molar-refractivity contribution in [1.29, 1.82) is 5.41 Å². The van der Waals surface area contributed by atoms with Gasteiger partial charge in [0.1, 0.15) is 5.84 Å². The first kappa shape index (κ1) is 12.5. The number of nitrogen functional groups attached to an aromatic ring is 1. The number of aliphatic hydroxyl groups is 1. The Labute approximate surface area is 96.2 Å². The van der Waals surface area contributed by atoms with Crippen LogP contribution in [0.4, 0.5) is 5.69 Å². The zero-order valence-electron chi connectivity index (χ0n) is 9.77. The lowest BCUT2D eigenvalue weighted by Gasteiger charge is -2.22. The summed E-state index contributed by atoms with van der Waals surface area (Å²) < 4.78 is 0. The first-order chi connectivity index (χ1) is 7.52. The van der Waals surface area contributed by atoms with E-state index >= 15 is 0 Å². The highest BCUT2D eigenvalue weighted by Crippen LogP contribution is 2.18. The van der Waals surface area contributed by atoms with Gasteiger partial charge in [0.15, 0.2) is 0 Å². The van der Waals surface area contributed by atoms with Gasteiger partial charge < -0.3 is 15.7 Å². The van der Waals surface area contributed by atoms with E-state index in [1.165, 1.54) is 0 Å². The van der Waals surface area contributed by atoms with Crippen molar-refractivity contribution in [2.75, 3.05) is 18.5 Å². The van der Waals surface area contributed by atoms with E-state index in [2.05, 4.69) is 0 Å². The zero-order chi connectivity index (χ0) is 12.1. The van der Waals surface area contributed by atoms with Crippen LogP contribution in [0.1, 0.15) is 18.9 Å². The van der Waals surface area contributed by atoms with Crippen LogP contribution in [0.15, 0.2) is 24.3 Å². The topological polar surface area (TPSA) is 73.3 Å². The number of nitrogens with two attached hydrogens (primary N) is 1. The van der Waals surface area contributed by atoms with Gasteiger partial charge in [-0.2, -0.15) is 0 Å². The second-order valence-corrected chi connectivity index (χ2v) is 3.99. The molecule has 16 heavy (non-hydrogen) atoms. The summed E-state index contributed by atoms with van der Waals surface area (Å²) >= 11 is 0. The third-order valence-electron chi connectivity index (χ3n) is 2.49. The Morgan fingerprint density at radius 1 is 1.50 bits per heavy atom. The Morgan fingerprint density at radius 3 is 2.69 bits per heavy atom. The predicted octanol–water partition coefficient (Wildman–Crippen LogP) is 1.18. The van der Waals surface area contributed by atoms with Gasteiger partial charge in [0.25, 0.3) is 0 Å². The predicted molar refractivity (Wildman–Crippen MR) is 67.0 cm³/mol. The van der Waals surface area contributed by atoms with E-state index in [0.717, 1.165) is 17.8 Å². The maximum atomic E-state index is 9.23. The summed E-state index contributed by atoms with van der Waals surface area (Å²) in [5, 5.41) is 16.7. The SMILES string of the molecule is CC(O)CCN(C)c1ccccc1C(=N)N. The molecule has 0 radical (unpaired) electrons. The average Bonchev–Trinajstić information content (AvgIpc) is 2.25. The summed E-state index contributed by atoms with van der Waals surface area (Å²) in [5.74, 6) is 0.0690. The molecule has 0 saturated heterocycles. The Morgan fingerprint density at radius 2 is 2.12 bits per heavy atom. The largest absolute Gasteiger partial charge is 0.393 e. The highest BCUT2D eigenvalue weighted by Gasteiger charge is 2.09. The van der Waals surface area contributed by atoms with Crippen LogP contribution in [-0.4, -0.2) is 30.6 Å². The third kappa shape index (κ3) is 3.24. The standard InChI is InChI=1S/C12H19N3O/c1-9(16)7-8-15(2)11-6-4-3-5-10(11)12(13)14/h3-6,9,16H,7-8H2,1-2H3,(H3,13,14). The van der Waals surface area contributed by atoms with Crippen LogP contribution in [-0.2, 0) is 0 Å². The number of hydrogen-bond donors (Lipinski definition) is 3. The van der Waals surface area contributed by atoms with E-state index in [9.17, 15) is 5.11 Å². The minimum atomic E-state index is -0.313. The first-order valence-corrected chi connectivity index (χ1v) is 5.35. The Hall–Kier alpha value is -1.55. The highest BCUT2D eigenvalue weighted by molar-refractivity contribution is 6.00. The number of nitrogens with zero attached hydrogens (tertiary/aromatic N) is 1. The molecule has 0 fully saturated rings. The van der Waals surface area contributed by atoms with Crippen LogP contribution >= 0.6 is 0 Å². The summed E-state index contributed by atoms with van der Waals surface area (Å²) in [7, 11) is 1.93. The van der Waals surface area contributed by atoms with Crippen molar-refractivity contribution in [1.82, 2.24) is 0 Å². The average molecular weight is 221 g/mol. The van der Waals surface area contributed by atoms with Crippen molar-refractivity contribution in [2.24, 2.45) is 5.73 Å². The van der Waals surface area contributed by atoms with Crippen LogP contribution < -0.4 is 10.6 Å². The minimum absolute atomic E-state index is 0.0690. The molecule has 1 rings (SSSR count). The van der Waals surface area contributed by atoms with Crippen LogP contribution in [0.25, 0.3) is 0 Å². The number of aliphatic hydroxyl groups excluding tert-OH is 1. The van der Waals surface area contributed by atoms with Crippen molar-refractivity contribution >= 4 is 11.5 Å². The molecule has 0 heterocycles. The Kier molecular flexibility index (Phi) is 4.31. The molecule has 4 heteroatoms. The second-order valence-electron chi connectivity index (χ2n) is 3.99. The third-order valence-corrected chi connectivity index (χ3v) is 2.49. The lowest BCUT2D eigenvalue weighted by Crippen LogP contribution is -2.25. The van der Waals surface area contributed by atoms with E-state index in [-0.39, 0.29) is 11.9 Å². The number of benzene rings is 1. The summed E-state index contributed by atoms with van der Waals surface area (Å²) in [6, 6.07) is 7.54. The zero-order valence-corrected chi connectivity index (χ0v) is 9.77. The monoisotopic (exact) mass is 221 g/mol. The summed E-state index contributed by atoms with van der Waals surface area (Å²) in [6.07, 6.45) is 0.384. The van der Waals surface area contributed by atoms with Gasteiger partial charge >= 0.3 is 0 Å². The van der Waals surface area contributed by atoms with E-state index in [1.807, 2.05) is 36.2 Å². The molecule has 0 saturated carbocycles. The van der Waals surface area contributed by atoms with E-state index in [0.29, 0.717) is 6.42 Å². The van der Waals surface area contributed by atoms with Crippen molar-refractivity contribution in [3.8, 4) is 0 Å². The van der Waals surface area contributed by atoms with E-state index in [1.54, 1.807) is 6.92 Å². The Bertz CT molecular complexity index is 363. The molecule has 1 unspecified atom stereocenters. The molecule has 4 nitrogen and oxygen atoms in total. The lowest BCUT2D eigenvalue weighted by atomic mass is 10.1. The van der Waals surface area contributed by atoms with Gasteiger partial charge in [-0.25, -0.2) is 0 Å². The van der Waals surface area contributed by atoms with Gasteiger partial charge in [0.05, 0.1) is 6.10 Å². The van der Waals surface area contributed by atoms with Crippen molar-refractivity contribution in [3.63, 3.8) is 0 Å². The van der Waals surface area contributed by atoms with Crippen LogP contribution in [0.2, 0.25) is 0 Å². The fourth-order valence-corrected chi connectivity index (χ4v) is 1.54. The molecule has 4 N–H and O–H groups in total. The fraction of sp³-hybridized carbons (Fsp3) is 0.417. The first-order valence-electron chi connectivity index (χ1n) is 5.35. The minimum Gasteiger partial charge on any atom is -0.393 e. The number of nitrogens with one attached hydrogen (secondary N) is 1. The van der Waals surface area contributed by atoms with Crippen LogP contribution in [0, 0.1) is 5.41 Å². The number of hydrogen-bond acceptors (Lipinski definition) is 3. The number of rotatable bonds is 5. The number of amidine groups is 1. The molecular formula is C12H19N3O. The molecule has 0 amide bonds. The number of para-hydroxylation sites is 1. The maximum absolute atomic E-state index is 9.23. The molecule has 88 valence electrons. The normalized spacial score (nSPS) is 12.2. The molecule has 1 aromatic rings. The molecule has 1 atom stereocenters. The highest BCUT2D eigenvalue weighted by atomic mass is 16.3. The smallest absolute Gasteiger partial charge is 0.124 e. The van der Waals surface area contributed by atoms with E-state index in [4.69, 9.17) is 11.1 Å². The summed E-state index contributed by atoms with van der Waals surface area (Å²) in [6.45, 7) is 2.51. The van der Waals surface area contributed by atoms with Crippen molar-refractivity contribution < 1.29 is 5.11 Å². The Balaban J connectivity index is 2.82. The molecular weight excluding hydrogens is 202 g/mol. The second kappa shape index (κ2) is 5.51. The molecule has 0 bridgehead atoms. The van der Waals surface area contributed by atoms with Crippen molar-refractivity contribution in [3.05, 3.63) is 29.8 Å². The van der Waals surface area contributed by atoms with Gasteiger partial charge in [-0.1, -0.05) is 12.1 Å². The molecule has 0 spiro atoms. The van der Waals surface area contributed by atoms with Gasteiger partial charge in [-0.15, -0.1) is 0 Å². The van der Waals surface area contributed by atoms with Crippen molar-refractivity contribution in [2.45, 2.75) is 19.4 Å². The van der Waals surface area contributed by atoms with Crippen LogP contribution in [0.5, 0.6) is 0 Å². The molecule has 0 aromatic heterocycles. The fourth-order valence-electron chi connectivity index (χ4n) is 1.54. The summed E-state index contributed by atoms with van der Waals surface area (Å²) in [4.78, 5) is 2.00.